The Labute approximate surface area is 75.9 Å². The zero-order valence-electron chi connectivity index (χ0n) is 8.40. The Morgan fingerprint density at radius 1 is 1.25 bits per heavy atom. The second-order valence-electron chi connectivity index (χ2n) is 4.85. The molecule has 0 aromatic carbocycles. The number of piperidine rings is 1. The first-order valence-electron chi connectivity index (χ1n) is 5.51. The molecule has 0 radical (unpaired) electrons. The van der Waals surface area contributed by atoms with Gasteiger partial charge < -0.3 is 5.32 Å². The van der Waals surface area contributed by atoms with Gasteiger partial charge in [0.15, 0.2) is 0 Å². The molecule has 0 amide bonds. The van der Waals surface area contributed by atoms with Gasteiger partial charge in [-0.05, 0) is 44.1 Å². The van der Waals surface area contributed by atoms with E-state index >= 15 is 0 Å². The minimum Gasteiger partial charge on any atom is -0.311 e. The maximum atomic E-state index is 3.79. The summed E-state index contributed by atoms with van der Waals surface area (Å²) in [5.74, 6) is 1.84. The molecular weight excluding hydrogens is 146 g/mol. The highest BCUT2D eigenvalue weighted by Crippen LogP contribution is 2.47. The van der Waals surface area contributed by atoms with Crippen molar-refractivity contribution in [3.05, 3.63) is 0 Å². The Balaban J connectivity index is 2.08. The molecule has 1 saturated heterocycles. The fraction of sp³-hybridized carbons (Fsp3) is 1.00. The van der Waals surface area contributed by atoms with E-state index in [1.54, 1.807) is 0 Å². The SMILES string of the molecule is CC(C)C1(C2CC2)CCCCN1. The molecule has 70 valence electrons. The van der Waals surface area contributed by atoms with Crippen LogP contribution >= 0.6 is 0 Å². The molecule has 0 bridgehead atoms. The molecule has 1 N–H and O–H groups in total. The average Bonchev–Trinajstić information content (AvgIpc) is 2.88. The lowest BCUT2D eigenvalue weighted by Gasteiger charge is -2.42. The first kappa shape index (κ1) is 8.55. The molecule has 0 spiro atoms. The quantitative estimate of drug-likeness (QED) is 0.666. The summed E-state index contributed by atoms with van der Waals surface area (Å²) in [7, 11) is 0. The Hall–Kier alpha value is -0.0400. The molecule has 1 aliphatic carbocycles. The van der Waals surface area contributed by atoms with Crippen LogP contribution in [0.2, 0.25) is 0 Å². The van der Waals surface area contributed by atoms with E-state index in [9.17, 15) is 0 Å². The molecule has 1 heteroatoms. The van der Waals surface area contributed by atoms with Crippen LogP contribution in [0.5, 0.6) is 0 Å². The number of rotatable bonds is 2. The van der Waals surface area contributed by atoms with Crippen molar-refractivity contribution in [3.8, 4) is 0 Å². The van der Waals surface area contributed by atoms with E-state index in [1.165, 1.54) is 38.6 Å². The van der Waals surface area contributed by atoms with Gasteiger partial charge in [-0.1, -0.05) is 20.3 Å². The van der Waals surface area contributed by atoms with Crippen molar-refractivity contribution in [3.63, 3.8) is 0 Å². The minimum absolute atomic E-state index is 0.540. The third-order valence-electron chi connectivity index (χ3n) is 3.81. The molecule has 1 aliphatic heterocycles. The van der Waals surface area contributed by atoms with Crippen LogP contribution in [0.4, 0.5) is 0 Å². The molecular formula is C11H21N. The molecule has 1 atom stereocenters. The van der Waals surface area contributed by atoms with Crippen molar-refractivity contribution in [2.75, 3.05) is 6.54 Å². The fourth-order valence-corrected chi connectivity index (χ4v) is 2.86. The lowest BCUT2D eigenvalue weighted by Crippen LogP contribution is -2.54. The zero-order chi connectivity index (χ0) is 8.60. The first-order valence-corrected chi connectivity index (χ1v) is 5.51. The van der Waals surface area contributed by atoms with Crippen LogP contribution in [0.3, 0.4) is 0 Å². The van der Waals surface area contributed by atoms with E-state index in [-0.39, 0.29) is 0 Å². The first-order chi connectivity index (χ1) is 5.76. The van der Waals surface area contributed by atoms with Crippen LogP contribution in [-0.4, -0.2) is 12.1 Å². The van der Waals surface area contributed by atoms with Crippen LogP contribution in [0, 0.1) is 11.8 Å². The molecule has 2 fully saturated rings. The second kappa shape index (κ2) is 3.02. The number of nitrogens with one attached hydrogen (secondary N) is 1. The highest BCUT2D eigenvalue weighted by atomic mass is 15.0. The predicted molar refractivity (Wildman–Crippen MR) is 52.1 cm³/mol. The summed E-state index contributed by atoms with van der Waals surface area (Å²) < 4.78 is 0. The van der Waals surface area contributed by atoms with E-state index < -0.39 is 0 Å². The highest BCUT2D eigenvalue weighted by Gasteiger charge is 2.47. The van der Waals surface area contributed by atoms with Crippen molar-refractivity contribution in [2.45, 2.75) is 51.5 Å². The average molecular weight is 167 g/mol. The third kappa shape index (κ3) is 1.28. The van der Waals surface area contributed by atoms with Crippen LogP contribution < -0.4 is 5.32 Å². The topological polar surface area (TPSA) is 12.0 Å². The Morgan fingerprint density at radius 2 is 2.00 bits per heavy atom. The normalized spacial score (nSPS) is 37.2. The Morgan fingerprint density at radius 3 is 2.42 bits per heavy atom. The molecule has 12 heavy (non-hydrogen) atoms. The summed E-state index contributed by atoms with van der Waals surface area (Å²) in [4.78, 5) is 0. The Bertz CT molecular complexity index is 148. The lowest BCUT2D eigenvalue weighted by molar-refractivity contribution is 0.154. The molecule has 1 nitrogen and oxygen atoms in total. The summed E-state index contributed by atoms with van der Waals surface area (Å²) in [6, 6.07) is 0. The standard InChI is InChI=1S/C11H21N/c1-9(2)11(10-5-6-10)7-3-4-8-12-11/h9-10,12H,3-8H2,1-2H3. The van der Waals surface area contributed by atoms with Crippen molar-refractivity contribution < 1.29 is 0 Å². The van der Waals surface area contributed by atoms with Crippen molar-refractivity contribution >= 4 is 0 Å². The molecule has 2 rings (SSSR count). The maximum Gasteiger partial charge on any atom is 0.0232 e. The Kier molecular flexibility index (Phi) is 2.16. The lowest BCUT2D eigenvalue weighted by atomic mass is 9.75. The van der Waals surface area contributed by atoms with Gasteiger partial charge in [0.1, 0.15) is 0 Å². The van der Waals surface area contributed by atoms with Gasteiger partial charge in [0, 0.05) is 5.54 Å². The van der Waals surface area contributed by atoms with Crippen LogP contribution in [0.1, 0.15) is 46.0 Å². The molecule has 1 saturated carbocycles. The fourth-order valence-electron chi connectivity index (χ4n) is 2.86. The largest absolute Gasteiger partial charge is 0.311 e. The van der Waals surface area contributed by atoms with Gasteiger partial charge >= 0.3 is 0 Å². The molecule has 0 aromatic rings. The number of hydrogen-bond donors (Lipinski definition) is 1. The smallest absolute Gasteiger partial charge is 0.0232 e. The van der Waals surface area contributed by atoms with Gasteiger partial charge in [0.05, 0.1) is 0 Å². The predicted octanol–water partition coefficient (Wildman–Crippen LogP) is 2.56. The third-order valence-corrected chi connectivity index (χ3v) is 3.81. The van der Waals surface area contributed by atoms with Gasteiger partial charge in [0.25, 0.3) is 0 Å². The van der Waals surface area contributed by atoms with Gasteiger partial charge in [-0.25, -0.2) is 0 Å². The zero-order valence-corrected chi connectivity index (χ0v) is 8.40. The van der Waals surface area contributed by atoms with Gasteiger partial charge in [-0.3, -0.25) is 0 Å². The molecule has 0 aromatic heterocycles. The summed E-state index contributed by atoms with van der Waals surface area (Å²) in [6.07, 6.45) is 7.22. The van der Waals surface area contributed by atoms with E-state index in [0.717, 1.165) is 11.8 Å². The minimum atomic E-state index is 0.540. The molecule has 1 unspecified atom stereocenters. The van der Waals surface area contributed by atoms with Crippen LogP contribution in [0.15, 0.2) is 0 Å². The van der Waals surface area contributed by atoms with Crippen molar-refractivity contribution in [1.82, 2.24) is 5.32 Å². The van der Waals surface area contributed by atoms with E-state index in [4.69, 9.17) is 0 Å². The summed E-state index contributed by atoms with van der Waals surface area (Å²) >= 11 is 0. The van der Waals surface area contributed by atoms with E-state index in [2.05, 4.69) is 19.2 Å². The van der Waals surface area contributed by atoms with Gasteiger partial charge in [-0.2, -0.15) is 0 Å². The summed E-state index contributed by atoms with van der Waals surface area (Å²) in [5, 5.41) is 3.79. The summed E-state index contributed by atoms with van der Waals surface area (Å²) in [5.41, 5.74) is 0.540. The van der Waals surface area contributed by atoms with Crippen LogP contribution in [0.25, 0.3) is 0 Å². The van der Waals surface area contributed by atoms with Crippen LogP contribution in [-0.2, 0) is 0 Å². The number of hydrogen-bond acceptors (Lipinski definition) is 1. The monoisotopic (exact) mass is 167 g/mol. The van der Waals surface area contributed by atoms with E-state index in [0.29, 0.717) is 5.54 Å². The van der Waals surface area contributed by atoms with E-state index in [1.807, 2.05) is 0 Å². The molecule has 2 aliphatic rings. The highest BCUT2D eigenvalue weighted by molar-refractivity contribution is 5.04. The molecule has 1 heterocycles. The van der Waals surface area contributed by atoms with Crippen molar-refractivity contribution in [1.29, 1.82) is 0 Å². The van der Waals surface area contributed by atoms with Gasteiger partial charge in [0.2, 0.25) is 0 Å². The second-order valence-corrected chi connectivity index (χ2v) is 4.85. The summed E-state index contributed by atoms with van der Waals surface area (Å²) in [6.45, 7) is 6.03. The maximum absolute atomic E-state index is 3.79. The van der Waals surface area contributed by atoms with Gasteiger partial charge in [-0.15, -0.1) is 0 Å². The van der Waals surface area contributed by atoms with Crippen molar-refractivity contribution in [2.24, 2.45) is 11.8 Å².